The fourth-order valence-corrected chi connectivity index (χ4v) is 3.62. The number of piperidine rings is 1. The molecule has 1 aliphatic heterocycles. The van der Waals surface area contributed by atoms with E-state index in [1.165, 1.54) is 6.07 Å². The van der Waals surface area contributed by atoms with Crippen LogP contribution in [0.15, 0.2) is 10.9 Å². The highest BCUT2D eigenvalue weighted by molar-refractivity contribution is 6.03. The molecule has 0 unspecified atom stereocenters. The number of benzene rings is 1. The minimum atomic E-state index is -1.26. The van der Waals surface area contributed by atoms with Crippen molar-refractivity contribution in [3.63, 3.8) is 0 Å². The van der Waals surface area contributed by atoms with E-state index >= 15 is 0 Å². The Morgan fingerprint density at radius 1 is 1.36 bits per heavy atom. The van der Waals surface area contributed by atoms with Gasteiger partial charge in [-0.2, -0.15) is 0 Å². The number of rotatable bonds is 4. The fourth-order valence-electron chi connectivity index (χ4n) is 3.62. The monoisotopic (exact) mass is 388 g/mol. The molecule has 1 N–H and O–H groups in total. The zero-order valence-corrected chi connectivity index (χ0v) is 16.1. The maximum Gasteiger partial charge on any atom is 0.266 e. The highest BCUT2D eigenvalue weighted by Crippen LogP contribution is 2.35. The molecule has 2 aromatic rings. The van der Waals surface area contributed by atoms with E-state index in [-0.39, 0.29) is 34.1 Å². The van der Waals surface area contributed by atoms with Crippen molar-refractivity contribution in [1.29, 1.82) is 0 Å². The van der Waals surface area contributed by atoms with Crippen LogP contribution in [0.25, 0.3) is 10.9 Å². The van der Waals surface area contributed by atoms with Crippen molar-refractivity contribution in [2.45, 2.75) is 38.7 Å². The summed E-state index contributed by atoms with van der Waals surface area (Å²) >= 11 is 0. The van der Waals surface area contributed by atoms with Crippen LogP contribution in [0.3, 0.4) is 0 Å². The Morgan fingerprint density at radius 3 is 2.54 bits per heavy atom. The number of pyridine rings is 1. The number of ketones is 1. The number of nitrogens with one attached hydrogen (secondary N) is 1. The van der Waals surface area contributed by atoms with Gasteiger partial charge in [0.05, 0.1) is 22.4 Å². The van der Waals surface area contributed by atoms with Crippen molar-refractivity contribution in [3.8, 4) is 12.3 Å². The molecule has 0 radical (unpaired) electrons. The van der Waals surface area contributed by atoms with Crippen LogP contribution in [-0.4, -0.2) is 36.6 Å². The van der Waals surface area contributed by atoms with E-state index in [0.29, 0.717) is 31.6 Å². The number of fused-ring (bicyclic) bond motifs is 1. The predicted octanol–water partition coefficient (Wildman–Crippen LogP) is 3.39. The van der Waals surface area contributed by atoms with Crippen LogP contribution in [0.4, 0.5) is 14.5 Å². The first-order valence-corrected chi connectivity index (χ1v) is 9.14. The Kier molecular flexibility index (Phi) is 5.26. The molecule has 28 heavy (non-hydrogen) atoms. The third kappa shape index (κ3) is 3.18. The Morgan fingerprint density at radius 2 is 2.00 bits per heavy atom. The van der Waals surface area contributed by atoms with Crippen LogP contribution in [-0.2, 0) is 4.74 Å². The maximum absolute atomic E-state index is 14.7. The zero-order chi connectivity index (χ0) is 20.6. The molecule has 2 heterocycles. The number of carbonyl (C=O) groups excluding carboxylic acids is 1. The Labute approximate surface area is 161 Å². The predicted molar refractivity (Wildman–Crippen MR) is 104 cm³/mol. The van der Waals surface area contributed by atoms with Crippen molar-refractivity contribution in [1.82, 2.24) is 4.98 Å². The Bertz CT molecular complexity index is 1040. The van der Waals surface area contributed by atoms with Gasteiger partial charge in [0.2, 0.25) is 0 Å². The molecule has 1 aromatic heterocycles. The molecule has 0 amide bonds. The summed E-state index contributed by atoms with van der Waals surface area (Å²) in [6.45, 7) is 4.61. The Hall–Kier alpha value is -2.72. The smallest absolute Gasteiger partial charge is 0.266 e. The molecule has 1 aliphatic rings. The summed E-state index contributed by atoms with van der Waals surface area (Å²) in [6.07, 6.45) is 6.94. The van der Waals surface area contributed by atoms with Crippen LogP contribution in [0.5, 0.6) is 0 Å². The molecule has 0 spiro atoms. The number of aromatic nitrogens is 1. The van der Waals surface area contributed by atoms with Gasteiger partial charge < -0.3 is 14.6 Å². The molecule has 0 aliphatic carbocycles. The average molecular weight is 388 g/mol. The van der Waals surface area contributed by atoms with E-state index in [4.69, 9.17) is 11.2 Å². The molecule has 0 bridgehead atoms. The van der Waals surface area contributed by atoms with Crippen molar-refractivity contribution >= 4 is 22.4 Å². The van der Waals surface area contributed by atoms with E-state index in [0.717, 1.165) is 0 Å². The lowest BCUT2D eigenvalue weighted by atomic mass is 9.92. The number of Topliss-reactive ketones (excluding diaryl/α,β-unsaturated/α-hetero) is 1. The second-order valence-corrected chi connectivity index (χ2v) is 7.21. The quantitative estimate of drug-likeness (QED) is 0.644. The van der Waals surface area contributed by atoms with Crippen LogP contribution >= 0.6 is 0 Å². The molecule has 0 atom stereocenters. The van der Waals surface area contributed by atoms with Gasteiger partial charge in [-0.3, -0.25) is 9.59 Å². The number of ether oxygens (including phenoxy) is 1. The van der Waals surface area contributed by atoms with Crippen LogP contribution in [0.2, 0.25) is 0 Å². The standard InChI is InChI=1S/C21H22F2N2O3/c1-5-12-19(25-9-7-21(3,28-4)8-10-25)14-11-13(15(26)6-2)16(22)17(23)18(14)24-20(12)27/h1,11H,6-10H2,2-4H3,(H,24,27). The largest absolute Gasteiger partial charge is 0.378 e. The van der Waals surface area contributed by atoms with Gasteiger partial charge in [-0.15, -0.1) is 6.42 Å². The molecule has 148 valence electrons. The number of halogens is 2. The lowest BCUT2D eigenvalue weighted by Crippen LogP contribution is -2.44. The number of carbonyl (C=O) groups is 1. The number of anilines is 1. The number of H-pyrrole nitrogens is 1. The summed E-state index contributed by atoms with van der Waals surface area (Å²) in [5.74, 6) is -0.676. The normalized spacial score (nSPS) is 16.2. The molecule has 1 aromatic carbocycles. The second kappa shape index (κ2) is 7.36. The van der Waals surface area contributed by atoms with Gasteiger partial charge in [0.25, 0.3) is 5.56 Å². The lowest BCUT2D eigenvalue weighted by Gasteiger charge is -2.40. The molecular weight excluding hydrogens is 366 g/mol. The second-order valence-electron chi connectivity index (χ2n) is 7.21. The first-order valence-electron chi connectivity index (χ1n) is 9.14. The van der Waals surface area contributed by atoms with Gasteiger partial charge in [-0.25, -0.2) is 8.78 Å². The van der Waals surface area contributed by atoms with Crippen molar-refractivity contribution in [3.05, 3.63) is 39.2 Å². The summed E-state index contributed by atoms with van der Waals surface area (Å²) < 4.78 is 34.7. The first-order chi connectivity index (χ1) is 13.3. The summed E-state index contributed by atoms with van der Waals surface area (Å²) in [5.41, 5.74) is -1.22. The van der Waals surface area contributed by atoms with Crippen LogP contribution < -0.4 is 10.5 Å². The van der Waals surface area contributed by atoms with Crippen LogP contribution in [0.1, 0.15) is 49.0 Å². The Balaban J connectivity index is 2.28. The van der Waals surface area contributed by atoms with Gasteiger partial charge in [-0.05, 0) is 25.8 Å². The lowest BCUT2D eigenvalue weighted by molar-refractivity contribution is -0.0132. The number of aromatic amines is 1. The SMILES string of the molecule is C#Cc1c(N2CCC(C)(OC)CC2)c2cc(C(=O)CC)c(F)c(F)c2[nH]c1=O. The highest BCUT2D eigenvalue weighted by atomic mass is 19.2. The molecule has 1 fully saturated rings. The topological polar surface area (TPSA) is 62.4 Å². The van der Waals surface area contributed by atoms with Crippen molar-refractivity contribution < 1.29 is 18.3 Å². The number of nitrogens with zero attached hydrogens (tertiary/aromatic N) is 1. The van der Waals surface area contributed by atoms with E-state index in [1.54, 1.807) is 14.0 Å². The minimum Gasteiger partial charge on any atom is -0.378 e. The maximum atomic E-state index is 14.7. The van der Waals surface area contributed by atoms with E-state index in [9.17, 15) is 18.4 Å². The first kappa shape index (κ1) is 20.0. The number of hydrogen-bond acceptors (Lipinski definition) is 4. The average Bonchev–Trinajstić information content (AvgIpc) is 2.70. The summed E-state index contributed by atoms with van der Waals surface area (Å²) in [5, 5.41) is 0.226. The third-order valence-electron chi connectivity index (χ3n) is 5.56. The zero-order valence-electron chi connectivity index (χ0n) is 16.1. The molecular formula is C21H22F2N2O3. The molecule has 3 rings (SSSR count). The molecule has 5 nitrogen and oxygen atoms in total. The molecule has 1 saturated heterocycles. The fraction of sp³-hybridized carbons (Fsp3) is 0.429. The number of terminal acetylenes is 1. The van der Waals surface area contributed by atoms with Crippen LogP contribution in [0, 0.1) is 24.0 Å². The van der Waals surface area contributed by atoms with Gasteiger partial charge >= 0.3 is 0 Å². The van der Waals surface area contributed by atoms with Gasteiger partial charge in [-0.1, -0.05) is 12.8 Å². The van der Waals surface area contributed by atoms with Crippen molar-refractivity contribution in [2.75, 3.05) is 25.1 Å². The summed E-state index contributed by atoms with van der Waals surface area (Å²) in [6, 6.07) is 1.29. The highest BCUT2D eigenvalue weighted by Gasteiger charge is 2.32. The third-order valence-corrected chi connectivity index (χ3v) is 5.56. The molecule has 0 saturated carbocycles. The van der Waals surface area contributed by atoms with Gasteiger partial charge in [0, 0.05) is 32.0 Å². The van der Waals surface area contributed by atoms with Gasteiger partial charge in [0.15, 0.2) is 17.4 Å². The summed E-state index contributed by atoms with van der Waals surface area (Å²) in [7, 11) is 1.64. The van der Waals surface area contributed by atoms with Gasteiger partial charge in [0.1, 0.15) is 5.56 Å². The van der Waals surface area contributed by atoms with E-state index in [2.05, 4.69) is 10.9 Å². The molecule has 7 heteroatoms. The number of methoxy groups -OCH3 is 1. The van der Waals surface area contributed by atoms with E-state index < -0.39 is 23.0 Å². The van der Waals surface area contributed by atoms with Crippen molar-refractivity contribution in [2.24, 2.45) is 0 Å². The number of hydrogen-bond donors (Lipinski definition) is 1. The van der Waals surface area contributed by atoms with E-state index in [1.807, 2.05) is 11.8 Å². The minimum absolute atomic E-state index is 0.0262. The summed E-state index contributed by atoms with van der Waals surface area (Å²) in [4.78, 5) is 28.8.